The minimum atomic E-state index is -0.158. The van der Waals surface area contributed by atoms with Crippen molar-refractivity contribution in [3.8, 4) is 0 Å². The number of amides is 1. The third-order valence-corrected chi connectivity index (χ3v) is 3.38. The SMILES string of the molecule is CCn1cc(N)c(C(=O)NC2CCN(C)CC2)n1. The Kier molecular flexibility index (Phi) is 3.86. The summed E-state index contributed by atoms with van der Waals surface area (Å²) >= 11 is 0. The van der Waals surface area contributed by atoms with Gasteiger partial charge >= 0.3 is 0 Å². The molecule has 1 aliphatic rings. The van der Waals surface area contributed by atoms with Gasteiger partial charge in [-0.3, -0.25) is 9.48 Å². The number of rotatable bonds is 3. The molecule has 0 unspecified atom stereocenters. The van der Waals surface area contributed by atoms with Crippen molar-refractivity contribution in [3.63, 3.8) is 0 Å². The fraction of sp³-hybridized carbons (Fsp3) is 0.667. The Morgan fingerprint density at radius 1 is 1.56 bits per heavy atom. The van der Waals surface area contributed by atoms with Crippen molar-refractivity contribution in [3.05, 3.63) is 11.9 Å². The molecule has 0 atom stereocenters. The molecule has 0 saturated carbocycles. The van der Waals surface area contributed by atoms with Gasteiger partial charge in [-0.05, 0) is 39.9 Å². The Bertz CT molecular complexity index is 420. The first-order valence-corrected chi connectivity index (χ1v) is 6.42. The lowest BCUT2D eigenvalue weighted by Crippen LogP contribution is -2.43. The normalized spacial score (nSPS) is 17.9. The second-order valence-electron chi connectivity index (χ2n) is 4.84. The number of aryl methyl sites for hydroxylation is 1. The summed E-state index contributed by atoms with van der Waals surface area (Å²) in [5.41, 5.74) is 6.58. The van der Waals surface area contributed by atoms with Gasteiger partial charge < -0.3 is 16.0 Å². The van der Waals surface area contributed by atoms with E-state index in [4.69, 9.17) is 5.73 Å². The Labute approximate surface area is 107 Å². The number of nitrogens with one attached hydrogen (secondary N) is 1. The van der Waals surface area contributed by atoms with Crippen LogP contribution in [-0.4, -0.2) is 46.8 Å². The molecule has 0 spiro atoms. The van der Waals surface area contributed by atoms with Crippen molar-refractivity contribution in [2.75, 3.05) is 25.9 Å². The van der Waals surface area contributed by atoms with Gasteiger partial charge in [-0.1, -0.05) is 0 Å². The van der Waals surface area contributed by atoms with Crippen LogP contribution in [-0.2, 0) is 6.54 Å². The number of nitrogen functional groups attached to an aromatic ring is 1. The van der Waals surface area contributed by atoms with Gasteiger partial charge in [0.25, 0.3) is 5.91 Å². The number of anilines is 1. The van der Waals surface area contributed by atoms with Crippen LogP contribution in [0.25, 0.3) is 0 Å². The average Bonchev–Trinajstić information content (AvgIpc) is 2.73. The number of nitrogens with zero attached hydrogens (tertiary/aromatic N) is 3. The van der Waals surface area contributed by atoms with Crippen LogP contribution < -0.4 is 11.1 Å². The van der Waals surface area contributed by atoms with Crippen LogP contribution in [0.1, 0.15) is 30.3 Å². The molecule has 0 aliphatic carbocycles. The smallest absolute Gasteiger partial charge is 0.274 e. The maximum atomic E-state index is 12.1. The topological polar surface area (TPSA) is 76.2 Å². The largest absolute Gasteiger partial charge is 0.396 e. The van der Waals surface area contributed by atoms with Crippen molar-refractivity contribution >= 4 is 11.6 Å². The van der Waals surface area contributed by atoms with Gasteiger partial charge in [0.1, 0.15) is 0 Å². The van der Waals surface area contributed by atoms with Crippen molar-refractivity contribution in [1.29, 1.82) is 0 Å². The van der Waals surface area contributed by atoms with Gasteiger partial charge in [-0.15, -0.1) is 0 Å². The monoisotopic (exact) mass is 251 g/mol. The Hall–Kier alpha value is -1.56. The Morgan fingerprint density at radius 3 is 2.78 bits per heavy atom. The summed E-state index contributed by atoms with van der Waals surface area (Å²) in [6.45, 7) is 4.71. The number of nitrogens with two attached hydrogens (primary N) is 1. The van der Waals surface area contributed by atoms with E-state index >= 15 is 0 Å². The number of carbonyl (C=O) groups is 1. The van der Waals surface area contributed by atoms with Gasteiger partial charge in [0, 0.05) is 18.8 Å². The van der Waals surface area contributed by atoms with E-state index in [1.54, 1.807) is 10.9 Å². The van der Waals surface area contributed by atoms with E-state index in [-0.39, 0.29) is 11.9 Å². The number of hydrogen-bond acceptors (Lipinski definition) is 4. The van der Waals surface area contributed by atoms with E-state index in [2.05, 4.69) is 22.4 Å². The van der Waals surface area contributed by atoms with E-state index in [9.17, 15) is 4.79 Å². The minimum absolute atomic E-state index is 0.158. The van der Waals surface area contributed by atoms with Gasteiger partial charge in [0.15, 0.2) is 5.69 Å². The highest BCUT2D eigenvalue weighted by molar-refractivity contribution is 5.97. The van der Waals surface area contributed by atoms with Crippen LogP contribution in [0.2, 0.25) is 0 Å². The Morgan fingerprint density at radius 2 is 2.22 bits per heavy atom. The van der Waals surface area contributed by atoms with E-state index in [1.807, 2.05) is 6.92 Å². The van der Waals surface area contributed by atoms with Gasteiger partial charge in [0.2, 0.25) is 0 Å². The molecule has 6 nitrogen and oxygen atoms in total. The molecule has 1 aromatic heterocycles. The molecule has 3 N–H and O–H groups in total. The molecule has 1 aromatic rings. The van der Waals surface area contributed by atoms with Crippen molar-refractivity contribution in [2.45, 2.75) is 32.4 Å². The maximum absolute atomic E-state index is 12.1. The highest BCUT2D eigenvalue weighted by Gasteiger charge is 2.21. The highest BCUT2D eigenvalue weighted by atomic mass is 16.2. The molecular weight excluding hydrogens is 230 g/mol. The fourth-order valence-corrected chi connectivity index (χ4v) is 2.18. The number of likely N-dealkylation sites (tertiary alicyclic amines) is 1. The summed E-state index contributed by atoms with van der Waals surface area (Å²) in [6.07, 6.45) is 3.66. The zero-order valence-electron chi connectivity index (χ0n) is 11.0. The lowest BCUT2D eigenvalue weighted by Gasteiger charge is -2.29. The molecule has 1 aliphatic heterocycles. The average molecular weight is 251 g/mol. The van der Waals surface area contributed by atoms with Crippen molar-refractivity contribution < 1.29 is 4.79 Å². The third kappa shape index (κ3) is 2.81. The molecule has 1 fully saturated rings. The summed E-state index contributed by atoms with van der Waals surface area (Å²) in [5.74, 6) is -0.158. The van der Waals surface area contributed by atoms with Crippen LogP contribution in [0, 0.1) is 0 Å². The Balaban J connectivity index is 1.96. The molecule has 0 aromatic carbocycles. The number of piperidine rings is 1. The van der Waals surface area contributed by atoms with Crippen LogP contribution in [0.3, 0.4) is 0 Å². The molecule has 2 heterocycles. The number of hydrogen-bond donors (Lipinski definition) is 2. The van der Waals surface area contributed by atoms with E-state index in [0.29, 0.717) is 17.9 Å². The standard InChI is InChI=1S/C12H21N5O/c1-3-17-8-10(13)11(15-17)12(18)14-9-4-6-16(2)7-5-9/h8-9H,3-7,13H2,1-2H3,(H,14,18). The zero-order valence-corrected chi connectivity index (χ0v) is 11.0. The van der Waals surface area contributed by atoms with E-state index < -0.39 is 0 Å². The first-order valence-electron chi connectivity index (χ1n) is 6.42. The zero-order chi connectivity index (χ0) is 13.1. The minimum Gasteiger partial charge on any atom is -0.396 e. The molecule has 0 bridgehead atoms. The molecule has 1 saturated heterocycles. The quantitative estimate of drug-likeness (QED) is 0.810. The number of aromatic nitrogens is 2. The highest BCUT2D eigenvalue weighted by Crippen LogP contribution is 2.12. The summed E-state index contributed by atoms with van der Waals surface area (Å²) < 4.78 is 1.68. The second-order valence-corrected chi connectivity index (χ2v) is 4.84. The lowest BCUT2D eigenvalue weighted by molar-refractivity contribution is 0.0912. The summed E-state index contributed by atoms with van der Waals surface area (Å²) in [6, 6.07) is 0.236. The van der Waals surface area contributed by atoms with Gasteiger partial charge in [0.05, 0.1) is 5.69 Å². The van der Waals surface area contributed by atoms with Crippen LogP contribution in [0.4, 0.5) is 5.69 Å². The predicted octanol–water partition coefficient (Wildman–Crippen LogP) is 0.309. The van der Waals surface area contributed by atoms with Crippen LogP contribution >= 0.6 is 0 Å². The fourth-order valence-electron chi connectivity index (χ4n) is 2.18. The summed E-state index contributed by atoms with van der Waals surface area (Å²) in [4.78, 5) is 14.3. The first kappa shape index (κ1) is 12.9. The third-order valence-electron chi connectivity index (χ3n) is 3.38. The van der Waals surface area contributed by atoms with Crippen LogP contribution in [0.5, 0.6) is 0 Å². The molecule has 0 radical (unpaired) electrons. The summed E-state index contributed by atoms with van der Waals surface area (Å²) in [5, 5.41) is 7.19. The van der Waals surface area contributed by atoms with E-state index in [1.165, 1.54) is 0 Å². The van der Waals surface area contributed by atoms with Gasteiger partial charge in [-0.25, -0.2) is 0 Å². The molecular formula is C12H21N5O. The number of carbonyl (C=O) groups excluding carboxylic acids is 1. The van der Waals surface area contributed by atoms with Gasteiger partial charge in [-0.2, -0.15) is 5.10 Å². The molecule has 1 amide bonds. The lowest BCUT2D eigenvalue weighted by atomic mass is 10.1. The summed E-state index contributed by atoms with van der Waals surface area (Å²) in [7, 11) is 2.10. The van der Waals surface area contributed by atoms with Crippen molar-refractivity contribution in [2.24, 2.45) is 0 Å². The van der Waals surface area contributed by atoms with E-state index in [0.717, 1.165) is 25.9 Å². The van der Waals surface area contributed by atoms with Crippen LogP contribution in [0.15, 0.2) is 6.20 Å². The molecule has 100 valence electrons. The molecule has 2 rings (SSSR count). The maximum Gasteiger partial charge on any atom is 0.274 e. The molecule has 6 heteroatoms. The molecule has 18 heavy (non-hydrogen) atoms. The van der Waals surface area contributed by atoms with Crippen molar-refractivity contribution in [1.82, 2.24) is 20.0 Å². The first-order chi connectivity index (χ1) is 8.60. The predicted molar refractivity (Wildman–Crippen MR) is 70.3 cm³/mol. The second kappa shape index (κ2) is 5.39.